The summed E-state index contributed by atoms with van der Waals surface area (Å²) >= 11 is 1.75. The van der Waals surface area contributed by atoms with Crippen LogP contribution in [-0.4, -0.2) is 36.0 Å². The Morgan fingerprint density at radius 3 is 2.78 bits per heavy atom. The van der Waals surface area contributed by atoms with Crippen molar-refractivity contribution in [3.05, 3.63) is 29.8 Å². The van der Waals surface area contributed by atoms with Gasteiger partial charge in [-0.3, -0.25) is 4.79 Å². The topological polar surface area (TPSA) is 58.6 Å². The molecule has 2 N–H and O–H groups in total. The fourth-order valence-corrected chi connectivity index (χ4v) is 2.97. The second-order valence-corrected chi connectivity index (χ2v) is 5.57. The van der Waals surface area contributed by atoms with Gasteiger partial charge in [-0.2, -0.15) is 11.8 Å². The van der Waals surface area contributed by atoms with Crippen molar-refractivity contribution in [3.8, 4) is 5.75 Å². The molecule has 5 heteroatoms. The number of hydrogen-bond acceptors (Lipinski definition) is 4. The van der Waals surface area contributed by atoms with Crippen molar-refractivity contribution >= 4 is 17.7 Å². The minimum Gasteiger partial charge on any atom is -0.497 e. The third-order valence-electron chi connectivity index (χ3n) is 2.94. The van der Waals surface area contributed by atoms with Crippen molar-refractivity contribution in [1.82, 2.24) is 5.32 Å². The zero-order chi connectivity index (χ0) is 13.0. The van der Waals surface area contributed by atoms with Gasteiger partial charge in [0.1, 0.15) is 11.9 Å². The zero-order valence-electron chi connectivity index (χ0n) is 10.3. The molecule has 0 radical (unpaired) electrons. The quantitative estimate of drug-likeness (QED) is 0.860. The van der Waals surface area contributed by atoms with Gasteiger partial charge in [0, 0.05) is 17.5 Å². The smallest absolute Gasteiger partial charge is 0.248 e. The van der Waals surface area contributed by atoms with Gasteiger partial charge in [-0.15, -0.1) is 0 Å². The van der Waals surface area contributed by atoms with E-state index in [9.17, 15) is 9.90 Å². The molecule has 2 atom stereocenters. The Morgan fingerprint density at radius 2 is 2.17 bits per heavy atom. The number of ether oxygens (including phenoxy) is 1. The van der Waals surface area contributed by atoms with E-state index in [-0.39, 0.29) is 11.2 Å². The SMILES string of the molecule is COc1ccc(CSC2CNC(=O)C(O)C2)cc1. The summed E-state index contributed by atoms with van der Waals surface area (Å²) in [5, 5.41) is 12.5. The Labute approximate surface area is 111 Å². The lowest BCUT2D eigenvalue weighted by atomic mass is 10.1. The third-order valence-corrected chi connectivity index (χ3v) is 4.27. The molecule has 1 heterocycles. The Bertz CT molecular complexity index is 407. The summed E-state index contributed by atoms with van der Waals surface area (Å²) in [5.41, 5.74) is 1.21. The molecule has 1 fully saturated rings. The average Bonchev–Trinajstić information content (AvgIpc) is 2.41. The minimum absolute atomic E-state index is 0.253. The van der Waals surface area contributed by atoms with Gasteiger partial charge < -0.3 is 15.2 Å². The highest BCUT2D eigenvalue weighted by molar-refractivity contribution is 7.99. The number of carbonyl (C=O) groups excluding carboxylic acids is 1. The van der Waals surface area contributed by atoms with Gasteiger partial charge in [0.15, 0.2) is 0 Å². The van der Waals surface area contributed by atoms with Crippen molar-refractivity contribution in [2.45, 2.75) is 23.5 Å². The molecule has 1 aliphatic rings. The maximum atomic E-state index is 11.1. The van der Waals surface area contributed by atoms with Crippen LogP contribution in [0.1, 0.15) is 12.0 Å². The van der Waals surface area contributed by atoms with Crippen LogP contribution in [0.3, 0.4) is 0 Å². The van der Waals surface area contributed by atoms with Gasteiger partial charge in [0.05, 0.1) is 7.11 Å². The monoisotopic (exact) mass is 267 g/mol. The largest absolute Gasteiger partial charge is 0.497 e. The highest BCUT2D eigenvalue weighted by atomic mass is 32.2. The molecule has 1 saturated heterocycles. The molecule has 1 amide bonds. The van der Waals surface area contributed by atoms with E-state index < -0.39 is 6.10 Å². The van der Waals surface area contributed by atoms with E-state index in [4.69, 9.17) is 4.74 Å². The predicted molar refractivity (Wildman–Crippen MR) is 71.7 cm³/mol. The molecule has 1 aliphatic heterocycles. The molecule has 2 rings (SSSR count). The summed E-state index contributed by atoms with van der Waals surface area (Å²) in [6, 6.07) is 7.94. The maximum Gasteiger partial charge on any atom is 0.248 e. The molecule has 98 valence electrons. The first-order valence-electron chi connectivity index (χ1n) is 5.89. The normalized spacial score (nSPS) is 23.6. The Hall–Kier alpha value is -1.20. The van der Waals surface area contributed by atoms with Crippen LogP contribution < -0.4 is 10.1 Å². The number of methoxy groups -OCH3 is 1. The van der Waals surface area contributed by atoms with Crippen LogP contribution in [0.25, 0.3) is 0 Å². The standard InChI is InChI=1S/C13H17NO3S/c1-17-10-4-2-9(3-5-10)8-18-11-6-12(15)13(16)14-7-11/h2-5,11-12,15H,6-8H2,1H3,(H,14,16). The Kier molecular flexibility index (Phi) is 4.49. The fourth-order valence-electron chi connectivity index (χ4n) is 1.83. The number of piperidine rings is 1. The van der Waals surface area contributed by atoms with Crippen LogP contribution >= 0.6 is 11.8 Å². The maximum absolute atomic E-state index is 11.1. The number of aliphatic hydroxyl groups excluding tert-OH is 1. The lowest BCUT2D eigenvalue weighted by Gasteiger charge is -2.25. The summed E-state index contributed by atoms with van der Waals surface area (Å²) in [7, 11) is 1.65. The molecule has 4 nitrogen and oxygen atoms in total. The van der Waals surface area contributed by atoms with Gasteiger partial charge in [-0.05, 0) is 24.1 Å². The molecule has 2 unspecified atom stereocenters. The van der Waals surface area contributed by atoms with Crippen molar-refractivity contribution in [3.63, 3.8) is 0 Å². The van der Waals surface area contributed by atoms with Crippen LogP contribution in [0, 0.1) is 0 Å². The predicted octanol–water partition coefficient (Wildman–Crippen LogP) is 1.18. The van der Waals surface area contributed by atoms with Crippen LogP contribution in [0.4, 0.5) is 0 Å². The van der Waals surface area contributed by atoms with Crippen LogP contribution in [0.5, 0.6) is 5.75 Å². The lowest BCUT2D eigenvalue weighted by Crippen LogP contribution is -2.46. The number of nitrogens with one attached hydrogen (secondary N) is 1. The van der Waals surface area contributed by atoms with Crippen molar-refractivity contribution in [2.24, 2.45) is 0 Å². The zero-order valence-corrected chi connectivity index (χ0v) is 11.1. The van der Waals surface area contributed by atoms with Gasteiger partial charge in [0.25, 0.3) is 0 Å². The lowest BCUT2D eigenvalue weighted by molar-refractivity contribution is -0.131. The van der Waals surface area contributed by atoms with Crippen LogP contribution in [0.15, 0.2) is 24.3 Å². The summed E-state index contributed by atoms with van der Waals surface area (Å²) < 4.78 is 5.10. The van der Waals surface area contributed by atoms with E-state index >= 15 is 0 Å². The molecule has 0 saturated carbocycles. The van der Waals surface area contributed by atoms with Crippen LogP contribution in [-0.2, 0) is 10.5 Å². The number of amides is 1. The number of thioether (sulfide) groups is 1. The van der Waals surface area contributed by atoms with Crippen LogP contribution in [0.2, 0.25) is 0 Å². The summed E-state index contributed by atoms with van der Waals surface area (Å²) in [6.45, 7) is 0.636. The van der Waals surface area contributed by atoms with E-state index in [2.05, 4.69) is 5.32 Å². The van der Waals surface area contributed by atoms with E-state index in [0.29, 0.717) is 13.0 Å². The molecule has 0 bridgehead atoms. The molecular formula is C13H17NO3S. The number of benzene rings is 1. The highest BCUT2D eigenvalue weighted by Crippen LogP contribution is 2.24. The third kappa shape index (κ3) is 3.40. The molecule has 1 aromatic rings. The summed E-state index contributed by atoms with van der Waals surface area (Å²) in [4.78, 5) is 11.1. The van der Waals surface area contributed by atoms with Crippen molar-refractivity contribution in [1.29, 1.82) is 0 Å². The Balaban J connectivity index is 1.82. The van der Waals surface area contributed by atoms with E-state index in [1.54, 1.807) is 18.9 Å². The summed E-state index contributed by atoms with van der Waals surface area (Å²) in [6.07, 6.45) is -0.320. The molecule has 0 aliphatic carbocycles. The minimum atomic E-state index is -0.855. The fraction of sp³-hybridized carbons (Fsp3) is 0.462. The number of aliphatic hydroxyl groups is 1. The first-order valence-corrected chi connectivity index (χ1v) is 6.94. The number of carbonyl (C=O) groups is 1. The molecule has 1 aromatic carbocycles. The molecule has 0 spiro atoms. The number of hydrogen-bond donors (Lipinski definition) is 2. The second kappa shape index (κ2) is 6.11. The van der Waals surface area contributed by atoms with Crippen molar-refractivity contribution < 1.29 is 14.6 Å². The van der Waals surface area contributed by atoms with E-state index in [1.807, 2.05) is 24.3 Å². The van der Waals surface area contributed by atoms with Gasteiger partial charge in [0.2, 0.25) is 5.91 Å². The van der Waals surface area contributed by atoms with Gasteiger partial charge in [-0.25, -0.2) is 0 Å². The van der Waals surface area contributed by atoms with Crippen molar-refractivity contribution in [2.75, 3.05) is 13.7 Å². The first-order chi connectivity index (χ1) is 8.69. The average molecular weight is 267 g/mol. The Morgan fingerprint density at radius 1 is 1.44 bits per heavy atom. The highest BCUT2D eigenvalue weighted by Gasteiger charge is 2.26. The second-order valence-electron chi connectivity index (χ2n) is 4.28. The van der Waals surface area contributed by atoms with Gasteiger partial charge >= 0.3 is 0 Å². The first kappa shape index (κ1) is 13.2. The van der Waals surface area contributed by atoms with E-state index in [0.717, 1.165) is 11.5 Å². The molecule has 0 aromatic heterocycles. The molecular weight excluding hydrogens is 250 g/mol. The summed E-state index contributed by atoms with van der Waals surface area (Å²) in [5.74, 6) is 1.47. The molecule has 18 heavy (non-hydrogen) atoms. The number of rotatable bonds is 4. The van der Waals surface area contributed by atoms with E-state index in [1.165, 1.54) is 5.56 Å². The van der Waals surface area contributed by atoms with Gasteiger partial charge in [-0.1, -0.05) is 12.1 Å².